The first kappa shape index (κ1) is 23.4. The second kappa shape index (κ2) is 9.94. The number of aryl methyl sites for hydroxylation is 1. The molecule has 1 heterocycles. The molecule has 1 aliphatic rings. The molecule has 0 unspecified atom stereocenters. The summed E-state index contributed by atoms with van der Waals surface area (Å²) < 4.78 is 27.6. The van der Waals surface area contributed by atoms with E-state index in [1.54, 1.807) is 12.1 Å². The van der Waals surface area contributed by atoms with Gasteiger partial charge in [0.1, 0.15) is 0 Å². The van der Waals surface area contributed by atoms with Crippen molar-refractivity contribution in [2.45, 2.75) is 51.0 Å². The SMILES string of the molecule is CC[C@@H](C)c1ccc(S(=O)(=O)N2CCN([C@H](C)C(=O)Nc3ccccc3C)CC2)cc1. The average Bonchev–Trinajstić information content (AvgIpc) is 2.79. The van der Waals surface area contributed by atoms with Crippen molar-refractivity contribution in [3.05, 3.63) is 59.7 Å². The summed E-state index contributed by atoms with van der Waals surface area (Å²) in [6.45, 7) is 9.87. The van der Waals surface area contributed by atoms with Crippen LogP contribution in [0, 0.1) is 6.92 Å². The molecule has 7 heteroatoms. The highest BCUT2D eigenvalue weighted by molar-refractivity contribution is 7.89. The monoisotopic (exact) mass is 443 g/mol. The molecular weight excluding hydrogens is 410 g/mol. The van der Waals surface area contributed by atoms with Gasteiger partial charge in [-0.3, -0.25) is 9.69 Å². The maximum Gasteiger partial charge on any atom is 0.243 e. The molecule has 1 amide bonds. The van der Waals surface area contributed by atoms with Gasteiger partial charge in [-0.15, -0.1) is 0 Å². The summed E-state index contributed by atoms with van der Waals surface area (Å²) in [7, 11) is -3.53. The van der Waals surface area contributed by atoms with Crippen molar-refractivity contribution in [1.29, 1.82) is 0 Å². The van der Waals surface area contributed by atoms with Gasteiger partial charge in [-0.25, -0.2) is 8.42 Å². The van der Waals surface area contributed by atoms with Crippen molar-refractivity contribution in [1.82, 2.24) is 9.21 Å². The van der Waals surface area contributed by atoms with Crippen LogP contribution in [0.1, 0.15) is 44.2 Å². The zero-order chi connectivity index (χ0) is 22.6. The minimum Gasteiger partial charge on any atom is -0.324 e. The first-order valence-electron chi connectivity index (χ1n) is 10.9. The molecule has 0 aliphatic carbocycles. The summed E-state index contributed by atoms with van der Waals surface area (Å²) >= 11 is 0. The molecule has 0 aromatic heterocycles. The first-order chi connectivity index (χ1) is 14.7. The van der Waals surface area contributed by atoms with Crippen LogP contribution in [-0.2, 0) is 14.8 Å². The molecule has 168 valence electrons. The van der Waals surface area contributed by atoms with E-state index in [9.17, 15) is 13.2 Å². The molecule has 3 rings (SSSR count). The summed E-state index contributed by atoms with van der Waals surface area (Å²) in [5.41, 5.74) is 2.97. The number of anilines is 1. The lowest BCUT2D eigenvalue weighted by Gasteiger charge is -2.36. The van der Waals surface area contributed by atoms with Crippen LogP contribution in [0.2, 0.25) is 0 Å². The molecule has 0 bridgehead atoms. The van der Waals surface area contributed by atoms with Crippen molar-refractivity contribution in [3.8, 4) is 0 Å². The highest BCUT2D eigenvalue weighted by atomic mass is 32.2. The normalized spacial score (nSPS) is 17.8. The number of piperazine rings is 1. The van der Waals surface area contributed by atoms with Gasteiger partial charge in [-0.05, 0) is 55.5 Å². The number of para-hydroxylation sites is 1. The van der Waals surface area contributed by atoms with Crippen LogP contribution in [-0.4, -0.2) is 55.8 Å². The number of nitrogens with one attached hydrogen (secondary N) is 1. The number of carbonyl (C=O) groups is 1. The van der Waals surface area contributed by atoms with Crippen molar-refractivity contribution >= 4 is 21.6 Å². The lowest BCUT2D eigenvalue weighted by Crippen LogP contribution is -2.53. The molecule has 1 aliphatic heterocycles. The molecule has 31 heavy (non-hydrogen) atoms. The molecule has 2 aromatic rings. The van der Waals surface area contributed by atoms with Crippen LogP contribution in [0.15, 0.2) is 53.4 Å². The highest BCUT2D eigenvalue weighted by Gasteiger charge is 2.32. The van der Waals surface area contributed by atoms with Crippen LogP contribution in [0.4, 0.5) is 5.69 Å². The second-order valence-corrected chi connectivity index (χ2v) is 10.2. The molecule has 2 atom stereocenters. The molecule has 6 nitrogen and oxygen atoms in total. The van der Waals surface area contributed by atoms with Crippen LogP contribution in [0.5, 0.6) is 0 Å². The number of carbonyl (C=O) groups excluding carboxylic acids is 1. The molecule has 1 fully saturated rings. The minimum absolute atomic E-state index is 0.0776. The van der Waals surface area contributed by atoms with E-state index in [1.807, 2.05) is 55.1 Å². The number of nitrogens with zero attached hydrogens (tertiary/aromatic N) is 2. The number of hydrogen-bond donors (Lipinski definition) is 1. The van der Waals surface area contributed by atoms with Gasteiger partial charge in [0, 0.05) is 31.9 Å². The minimum atomic E-state index is -3.53. The van der Waals surface area contributed by atoms with Gasteiger partial charge in [0.15, 0.2) is 0 Å². The maximum atomic E-state index is 13.1. The third-order valence-corrected chi connectivity index (χ3v) is 8.22. The standard InChI is InChI=1S/C24H33N3O3S/c1-5-18(2)21-10-12-22(13-11-21)31(29,30)27-16-14-26(15-17-27)20(4)24(28)25-23-9-7-6-8-19(23)3/h6-13,18,20H,5,14-17H2,1-4H3,(H,25,28)/t18-,20-/m1/s1. The van der Waals surface area contributed by atoms with E-state index in [0.29, 0.717) is 37.0 Å². The van der Waals surface area contributed by atoms with E-state index in [2.05, 4.69) is 19.2 Å². The molecule has 0 radical (unpaired) electrons. The third kappa shape index (κ3) is 5.34. The smallest absolute Gasteiger partial charge is 0.243 e. The fraction of sp³-hybridized carbons (Fsp3) is 0.458. The van der Waals surface area contributed by atoms with Crippen LogP contribution in [0.3, 0.4) is 0 Å². The van der Waals surface area contributed by atoms with Crippen molar-refractivity contribution in [3.63, 3.8) is 0 Å². The second-order valence-electron chi connectivity index (χ2n) is 8.30. The maximum absolute atomic E-state index is 13.1. The van der Waals surface area contributed by atoms with Gasteiger partial charge in [0.05, 0.1) is 10.9 Å². The summed E-state index contributed by atoms with van der Waals surface area (Å²) in [6.07, 6.45) is 1.02. The van der Waals surface area contributed by atoms with Gasteiger partial charge in [-0.2, -0.15) is 4.31 Å². The summed E-state index contributed by atoms with van der Waals surface area (Å²) in [5.74, 6) is 0.332. The van der Waals surface area contributed by atoms with E-state index >= 15 is 0 Å². The Morgan fingerprint density at radius 2 is 1.61 bits per heavy atom. The van der Waals surface area contributed by atoms with Gasteiger partial charge >= 0.3 is 0 Å². The van der Waals surface area contributed by atoms with Gasteiger partial charge < -0.3 is 5.32 Å². The highest BCUT2D eigenvalue weighted by Crippen LogP contribution is 2.23. The van der Waals surface area contributed by atoms with Crippen molar-refractivity contribution in [2.75, 3.05) is 31.5 Å². The Morgan fingerprint density at radius 3 is 2.19 bits per heavy atom. The summed E-state index contributed by atoms with van der Waals surface area (Å²) in [4.78, 5) is 15.1. The van der Waals surface area contributed by atoms with E-state index in [0.717, 1.165) is 23.2 Å². The summed E-state index contributed by atoms with van der Waals surface area (Å²) in [5, 5.41) is 2.98. The van der Waals surface area contributed by atoms with E-state index < -0.39 is 10.0 Å². The molecule has 2 aromatic carbocycles. The third-order valence-electron chi connectivity index (χ3n) is 6.30. The van der Waals surface area contributed by atoms with Crippen molar-refractivity contribution in [2.24, 2.45) is 0 Å². The fourth-order valence-electron chi connectivity index (χ4n) is 3.80. The molecule has 1 saturated heterocycles. The Kier molecular flexibility index (Phi) is 7.51. The van der Waals surface area contributed by atoms with Crippen LogP contribution < -0.4 is 5.32 Å². The molecule has 0 spiro atoms. The predicted molar refractivity (Wildman–Crippen MR) is 125 cm³/mol. The number of hydrogen-bond acceptors (Lipinski definition) is 4. The topological polar surface area (TPSA) is 69.7 Å². The van der Waals surface area contributed by atoms with Crippen molar-refractivity contribution < 1.29 is 13.2 Å². The molecule has 0 saturated carbocycles. The number of rotatable bonds is 7. The van der Waals surface area contributed by atoms with Crippen LogP contribution >= 0.6 is 0 Å². The Hall–Kier alpha value is -2.22. The number of sulfonamides is 1. The largest absolute Gasteiger partial charge is 0.324 e. The van der Waals surface area contributed by atoms with E-state index in [1.165, 1.54) is 4.31 Å². The Morgan fingerprint density at radius 1 is 1.00 bits per heavy atom. The van der Waals surface area contributed by atoms with Gasteiger partial charge in [-0.1, -0.05) is 44.2 Å². The average molecular weight is 444 g/mol. The number of benzene rings is 2. The zero-order valence-corrected chi connectivity index (χ0v) is 19.7. The quantitative estimate of drug-likeness (QED) is 0.706. The Bertz CT molecular complexity index is 997. The Labute approximate surface area is 186 Å². The Balaban J connectivity index is 1.60. The molecular formula is C24H33N3O3S. The lowest BCUT2D eigenvalue weighted by atomic mass is 9.99. The predicted octanol–water partition coefficient (Wildman–Crippen LogP) is 3.84. The summed E-state index contributed by atoms with van der Waals surface area (Å²) in [6, 6.07) is 14.6. The van der Waals surface area contributed by atoms with E-state index in [-0.39, 0.29) is 11.9 Å². The van der Waals surface area contributed by atoms with Gasteiger partial charge in [0.25, 0.3) is 0 Å². The number of amides is 1. The van der Waals surface area contributed by atoms with Crippen LogP contribution in [0.25, 0.3) is 0 Å². The first-order valence-corrected chi connectivity index (χ1v) is 12.4. The lowest BCUT2D eigenvalue weighted by molar-refractivity contribution is -0.121. The fourth-order valence-corrected chi connectivity index (χ4v) is 5.22. The van der Waals surface area contributed by atoms with E-state index in [4.69, 9.17) is 0 Å². The molecule has 1 N–H and O–H groups in total. The van der Waals surface area contributed by atoms with Gasteiger partial charge in [0.2, 0.25) is 15.9 Å². The zero-order valence-electron chi connectivity index (χ0n) is 18.8.